The number of carboxylic acids is 1. The summed E-state index contributed by atoms with van der Waals surface area (Å²) in [6.07, 6.45) is 3.35. The minimum atomic E-state index is -0.840. The van der Waals surface area contributed by atoms with Crippen LogP contribution in [0.5, 0.6) is 11.5 Å². The molecule has 0 aliphatic rings. The minimum Gasteiger partial charge on any atom is -0.508 e. The molecule has 0 radical (unpaired) electrons. The van der Waals surface area contributed by atoms with E-state index in [2.05, 4.69) is 0 Å². The van der Waals surface area contributed by atoms with Crippen molar-refractivity contribution in [2.45, 2.75) is 71.8 Å². The Balaban J connectivity index is 2.73. The molecule has 0 amide bonds. The SMILES string of the molecule is CC(C)(CCCc1c(O)ccc(CCCC(C)(C)C(=O)O)c1O)OC=O. The first-order valence-corrected chi connectivity index (χ1v) is 8.88. The third-order valence-corrected chi connectivity index (χ3v) is 4.74. The van der Waals surface area contributed by atoms with E-state index in [0.717, 1.165) is 0 Å². The molecule has 0 heterocycles. The second-order valence-corrected chi connectivity index (χ2v) is 7.94. The van der Waals surface area contributed by atoms with Gasteiger partial charge in [0.25, 0.3) is 6.47 Å². The van der Waals surface area contributed by atoms with E-state index in [0.29, 0.717) is 56.1 Å². The second-order valence-electron chi connectivity index (χ2n) is 7.94. The Morgan fingerprint density at radius 2 is 1.69 bits per heavy atom. The highest BCUT2D eigenvalue weighted by molar-refractivity contribution is 5.73. The van der Waals surface area contributed by atoms with Crippen LogP contribution >= 0.6 is 0 Å². The van der Waals surface area contributed by atoms with Crippen LogP contribution in [-0.4, -0.2) is 33.4 Å². The van der Waals surface area contributed by atoms with Crippen molar-refractivity contribution in [3.8, 4) is 11.5 Å². The number of phenolic OH excluding ortho intramolecular Hbond substituents is 2. The Morgan fingerprint density at radius 3 is 2.27 bits per heavy atom. The van der Waals surface area contributed by atoms with Gasteiger partial charge in [0, 0.05) is 5.56 Å². The molecular weight excluding hydrogens is 336 g/mol. The lowest BCUT2D eigenvalue weighted by atomic mass is 9.86. The van der Waals surface area contributed by atoms with Crippen LogP contribution in [-0.2, 0) is 27.2 Å². The van der Waals surface area contributed by atoms with E-state index in [4.69, 9.17) is 9.84 Å². The Labute approximate surface area is 154 Å². The molecule has 0 saturated carbocycles. The number of benzene rings is 1. The average Bonchev–Trinajstić information content (AvgIpc) is 2.52. The third-order valence-electron chi connectivity index (χ3n) is 4.74. The van der Waals surface area contributed by atoms with Crippen LogP contribution in [0.3, 0.4) is 0 Å². The summed E-state index contributed by atoms with van der Waals surface area (Å²) >= 11 is 0. The number of phenols is 2. The third kappa shape index (κ3) is 6.24. The molecule has 6 heteroatoms. The van der Waals surface area contributed by atoms with Gasteiger partial charge in [0.15, 0.2) is 0 Å². The van der Waals surface area contributed by atoms with Crippen molar-refractivity contribution >= 4 is 12.4 Å². The van der Waals surface area contributed by atoms with Crippen molar-refractivity contribution in [2.75, 3.05) is 0 Å². The van der Waals surface area contributed by atoms with Gasteiger partial charge in [-0.1, -0.05) is 6.07 Å². The summed E-state index contributed by atoms with van der Waals surface area (Å²) in [5, 5.41) is 29.7. The maximum atomic E-state index is 11.2. The molecule has 0 spiro atoms. The monoisotopic (exact) mass is 366 g/mol. The van der Waals surface area contributed by atoms with Crippen molar-refractivity contribution in [3.63, 3.8) is 0 Å². The fourth-order valence-electron chi connectivity index (χ4n) is 2.83. The molecule has 0 aliphatic carbocycles. The number of carbonyl (C=O) groups is 2. The van der Waals surface area contributed by atoms with E-state index in [9.17, 15) is 19.8 Å². The molecule has 1 aromatic rings. The van der Waals surface area contributed by atoms with Gasteiger partial charge in [0.1, 0.15) is 17.1 Å². The molecule has 26 heavy (non-hydrogen) atoms. The van der Waals surface area contributed by atoms with Gasteiger partial charge in [-0.25, -0.2) is 0 Å². The fourth-order valence-corrected chi connectivity index (χ4v) is 2.83. The summed E-state index contributed by atoms with van der Waals surface area (Å²) in [4.78, 5) is 21.6. The fraction of sp³-hybridized carbons (Fsp3) is 0.600. The zero-order valence-electron chi connectivity index (χ0n) is 16.0. The van der Waals surface area contributed by atoms with Crippen LogP contribution in [0.25, 0.3) is 0 Å². The lowest BCUT2D eigenvalue weighted by Gasteiger charge is -2.22. The van der Waals surface area contributed by atoms with Gasteiger partial charge < -0.3 is 20.1 Å². The van der Waals surface area contributed by atoms with Gasteiger partial charge in [0.2, 0.25) is 0 Å². The Bertz CT molecular complexity index is 633. The molecule has 0 saturated heterocycles. The van der Waals surface area contributed by atoms with Gasteiger partial charge in [0.05, 0.1) is 5.41 Å². The van der Waals surface area contributed by atoms with Crippen LogP contribution in [0, 0.1) is 5.41 Å². The summed E-state index contributed by atoms with van der Waals surface area (Å²) in [5.74, 6) is -0.744. The summed E-state index contributed by atoms with van der Waals surface area (Å²) in [5.41, 5.74) is -0.226. The Hall–Kier alpha value is -2.24. The standard InChI is InChI=1S/C20H30O6/c1-19(2,18(24)25)11-5-7-14-9-10-16(22)15(17(14)23)8-6-12-20(3,4)26-13-21/h9-10,13,22-23H,5-8,11-12H2,1-4H3,(H,24,25). The highest BCUT2D eigenvalue weighted by Crippen LogP contribution is 2.34. The first-order chi connectivity index (χ1) is 12.0. The first-order valence-electron chi connectivity index (χ1n) is 8.88. The van der Waals surface area contributed by atoms with E-state index in [1.807, 2.05) is 13.8 Å². The molecule has 0 atom stereocenters. The van der Waals surface area contributed by atoms with Gasteiger partial charge in [-0.15, -0.1) is 0 Å². The molecule has 3 N–H and O–H groups in total. The van der Waals surface area contributed by atoms with Crippen molar-refractivity contribution < 1.29 is 29.6 Å². The number of aryl methyl sites for hydroxylation is 1. The number of aromatic hydroxyl groups is 2. The summed E-state index contributed by atoms with van der Waals surface area (Å²) < 4.78 is 5.00. The summed E-state index contributed by atoms with van der Waals surface area (Å²) in [6.45, 7) is 7.40. The molecule has 1 rings (SSSR count). The molecule has 0 fully saturated rings. The summed E-state index contributed by atoms with van der Waals surface area (Å²) in [7, 11) is 0. The highest BCUT2D eigenvalue weighted by atomic mass is 16.5. The zero-order valence-corrected chi connectivity index (χ0v) is 16.0. The van der Waals surface area contributed by atoms with E-state index in [1.54, 1.807) is 26.0 Å². The number of ether oxygens (including phenoxy) is 1. The first kappa shape index (κ1) is 21.8. The number of aliphatic carboxylic acids is 1. The zero-order chi connectivity index (χ0) is 20.0. The Kier molecular flexibility index (Phi) is 7.48. The number of carbonyl (C=O) groups excluding carboxylic acids is 1. The van der Waals surface area contributed by atoms with Crippen LogP contribution < -0.4 is 0 Å². The van der Waals surface area contributed by atoms with Gasteiger partial charge in [-0.05, 0) is 77.8 Å². The molecule has 146 valence electrons. The second kappa shape index (κ2) is 8.92. The lowest BCUT2D eigenvalue weighted by Crippen LogP contribution is -2.23. The van der Waals surface area contributed by atoms with Gasteiger partial charge in [-0.2, -0.15) is 0 Å². The minimum absolute atomic E-state index is 0.0335. The molecule has 0 aromatic heterocycles. The quantitative estimate of drug-likeness (QED) is 0.515. The predicted molar refractivity (Wildman–Crippen MR) is 98.3 cm³/mol. The molecule has 1 aromatic carbocycles. The van der Waals surface area contributed by atoms with Gasteiger partial charge >= 0.3 is 5.97 Å². The molecular formula is C20H30O6. The van der Waals surface area contributed by atoms with Crippen LogP contribution in [0.4, 0.5) is 0 Å². The van der Waals surface area contributed by atoms with E-state index in [-0.39, 0.29) is 11.5 Å². The van der Waals surface area contributed by atoms with E-state index < -0.39 is 17.0 Å². The molecule has 0 bridgehead atoms. The van der Waals surface area contributed by atoms with E-state index >= 15 is 0 Å². The topological polar surface area (TPSA) is 104 Å². The largest absolute Gasteiger partial charge is 0.508 e. The van der Waals surface area contributed by atoms with Crippen molar-refractivity contribution in [2.24, 2.45) is 5.41 Å². The van der Waals surface area contributed by atoms with Crippen LogP contribution in [0.2, 0.25) is 0 Å². The van der Waals surface area contributed by atoms with Crippen molar-refractivity contribution in [3.05, 3.63) is 23.3 Å². The molecule has 6 nitrogen and oxygen atoms in total. The molecule has 0 aliphatic heterocycles. The van der Waals surface area contributed by atoms with Gasteiger partial charge in [-0.3, -0.25) is 9.59 Å². The Morgan fingerprint density at radius 1 is 1.08 bits per heavy atom. The average molecular weight is 366 g/mol. The van der Waals surface area contributed by atoms with Crippen molar-refractivity contribution in [1.29, 1.82) is 0 Å². The number of carboxylic acid groups (broad SMARTS) is 1. The maximum Gasteiger partial charge on any atom is 0.309 e. The molecule has 0 unspecified atom stereocenters. The normalized spacial score (nSPS) is 12.0. The number of hydrogen-bond donors (Lipinski definition) is 3. The van der Waals surface area contributed by atoms with Crippen LogP contribution in [0.15, 0.2) is 12.1 Å². The number of hydrogen-bond acceptors (Lipinski definition) is 5. The van der Waals surface area contributed by atoms with Crippen molar-refractivity contribution in [1.82, 2.24) is 0 Å². The maximum absolute atomic E-state index is 11.2. The van der Waals surface area contributed by atoms with E-state index in [1.165, 1.54) is 0 Å². The van der Waals surface area contributed by atoms with Crippen LogP contribution in [0.1, 0.15) is 64.5 Å². The smallest absolute Gasteiger partial charge is 0.309 e. The highest BCUT2D eigenvalue weighted by Gasteiger charge is 2.26. The summed E-state index contributed by atoms with van der Waals surface area (Å²) in [6, 6.07) is 3.22. The number of rotatable bonds is 11. The predicted octanol–water partition coefficient (Wildman–Crippen LogP) is 3.81. The lowest BCUT2D eigenvalue weighted by molar-refractivity contribution is -0.147.